The highest BCUT2D eigenvalue weighted by atomic mass is 14.5. The molecular weight excluding hydrogens is 120 g/mol. The standard InChI is InChI=1S/C10H18/c1-9-5-8-10(9)6-3-2-4-7-10/h9H,2-8H2,1H3/t9-/m0/s1. The minimum absolute atomic E-state index is 0.859. The van der Waals surface area contributed by atoms with Crippen LogP contribution in [0.2, 0.25) is 0 Å². The lowest BCUT2D eigenvalue weighted by Crippen LogP contribution is -2.39. The van der Waals surface area contributed by atoms with Crippen LogP contribution in [0.25, 0.3) is 0 Å². The largest absolute Gasteiger partial charge is 0.0620 e. The normalized spacial score (nSPS) is 37.5. The van der Waals surface area contributed by atoms with E-state index in [1.165, 1.54) is 25.7 Å². The molecule has 0 aromatic rings. The monoisotopic (exact) mass is 138 g/mol. The summed E-state index contributed by atoms with van der Waals surface area (Å²) in [6.07, 6.45) is 10.7. The van der Waals surface area contributed by atoms with E-state index in [-0.39, 0.29) is 0 Å². The molecule has 2 fully saturated rings. The molecule has 0 N–H and O–H groups in total. The predicted molar refractivity (Wildman–Crippen MR) is 43.9 cm³/mol. The Morgan fingerprint density at radius 2 is 1.70 bits per heavy atom. The van der Waals surface area contributed by atoms with E-state index in [2.05, 4.69) is 6.92 Å². The number of rotatable bonds is 0. The van der Waals surface area contributed by atoms with Crippen LogP contribution in [-0.4, -0.2) is 0 Å². The second-order valence-electron chi connectivity index (χ2n) is 4.36. The molecule has 58 valence electrons. The summed E-state index contributed by atoms with van der Waals surface area (Å²) in [4.78, 5) is 0. The van der Waals surface area contributed by atoms with E-state index >= 15 is 0 Å². The molecule has 10 heavy (non-hydrogen) atoms. The summed E-state index contributed by atoms with van der Waals surface area (Å²) >= 11 is 0. The molecule has 0 amide bonds. The Balaban J connectivity index is 1.99. The molecule has 0 heteroatoms. The number of hydrogen-bond acceptors (Lipinski definition) is 0. The lowest BCUT2D eigenvalue weighted by molar-refractivity contribution is 0.00308. The Labute approximate surface area is 64.0 Å². The minimum atomic E-state index is 0.859. The molecule has 0 heterocycles. The zero-order valence-corrected chi connectivity index (χ0v) is 7.03. The molecule has 0 nitrogen and oxygen atoms in total. The molecule has 0 saturated heterocycles. The van der Waals surface area contributed by atoms with Crippen LogP contribution in [0.5, 0.6) is 0 Å². The van der Waals surface area contributed by atoms with Gasteiger partial charge < -0.3 is 0 Å². The molecule has 2 aliphatic carbocycles. The minimum Gasteiger partial charge on any atom is -0.0620 e. The first-order valence-corrected chi connectivity index (χ1v) is 4.83. The van der Waals surface area contributed by atoms with Gasteiger partial charge in [0.15, 0.2) is 0 Å². The average Bonchev–Trinajstić information content (AvgIpc) is 2.04. The third kappa shape index (κ3) is 0.810. The van der Waals surface area contributed by atoms with E-state index in [4.69, 9.17) is 0 Å². The molecule has 0 radical (unpaired) electrons. The van der Waals surface area contributed by atoms with Gasteiger partial charge in [0.05, 0.1) is 0 Å². The van der Waals surface area contributed by atoms with Crippen molar-refractivity contribution in [2.24, 2.45) is 11.3 Å². The van der Waals surface area contributed by atoms with Crippen LogP contribution in [0.3, 0.4) is 0 Å². The molecule has 0 unspecified atom stereocenters. The highest BCUT2D eigenvalue weighted by Crippen LogP contribution is 2.55. The van der Waals surface area contributed by atoms with Gasteiger partial charge in [-0.1, -0.05) is 26.2 Å². The summed E-state index contributed by atoms with van der Waals surface area (Å²) in [6.45, 7) is 2.45. The van der Waals surface area contributed by atoms with E-state index in [9.17, 15) is 0 Å². The van der Waals surface area contributed by atoms with E-state index in [0.717, 1.165) is 11.3 Å². The van der Waals surface area contributed by atoms with Crippen LogP contribution in [0.15, 0.2) is 0 Å². The molecule has 1 atom stereocenters. The zero-order chi connectivity index (χ0) is 7.03. The van der Waals surface area contributed by atoms with Gasteiger partial charge in [-0.25, -0.2) is 0 Å². The Morgan fingerprint density at radius 1 is 1.00 bits per heavy atom. The van der Waals surface area contributed by atoms with Crippen molar-refractivity contribution in [3.8, 4) is 0 Å². The van der Waals surface area contributed by atoms with Crippen LogP contribution in [0.1, 0.15) is 51.9 Å². The fraction of sp³-hybridized carbons (Fsp3) is 1.00. The third-order valence-corrected chi connectivity index (χ3v) is 3.97. The van der Waals surface area contributed by atoms with Gasteiger partial charge in [-0.2, -0.15) is 0 Å². The topological polar surface area (TPSA) is 0 Å². The van der Waals surface area contributed by atoms with Gasteiger partial charge in [0.25, 0.3) is 0 Å². The summed E-state index contributed by atoms with van der Waals surface area (Å²) < 4.78 is 0. The first kappa shape index (κ1) is 6.69. The molecular formula is C10H18. The number of hydrogen-bond donors (Lipinski definition) is 0. The molecule has 0 aromatic carbocycles. The van der Waals surface area contributed by atoms with Crippen molar-refractivity contribution >= 4 is 0 Å². The maximum atomic E-state index is 2.45. The first-order valence-electron chi connectivity index (χ1n) is 4.83. The molecule has 0 aliphatic heterocycles. The van der Waals surface area contributed by atoms with Crippen LogP contribution in [0, 0.1) is 11.3 Å². The summed E-state index contributed by atoms with van der Waals surface area (Å²) in [6, 6.07) is 0. The van der Waals surface area contributed by atoms with Crippen LogP contribution in [-0.2, 0) is 0 Å². The molecule has 0 aromatic heterocycles. The molecule has 0 bridgehead atoms. The summed E-state index contributed by atoms with van der Waals surface area (Å²) in [5.41, 5.74) is 0.859. The molecule has 2 saturated carbocycles. The van der Waals surface area contributed by atoms with Crippen LogP contribution in [0.4, 0.5) is 0 Å². The highest BCUT2D eigenvalue weighted by Gasteiger charge is 2.43. The van der Waals surface area contributed by atoms with Crippen molar-refractivity contribution in [3.63, 3.8) is 0 Å². The average molecular weight is 138 g/mol. The summed E-state index contributed by atoms with van der Waals surface area (Å²) in [5.74, 6) is 1.06. The van der Waals surface area contributed by atoms with Gasteiger partial charge in [0.1, 0.15) is 0 Å². The van der Waals surface area contributed by atoms with E-state index in [1.54, 1.807) is 19.3 Å². The van der Waals surface area contributed by atoms with E-state index in [0.29, 0.717) is 0 Å². The third-order valence-electron chi connectivity index (χ3n) is 3.97. The van der Waals surface area contributed by atoms with Crippen molar-refractivity contribution in [2.75, 3.05) is 0 Å². The second-order valence-corrected chi connectivity index (χ2v) is 4.36. The molecule has 2 rings (SSSR count). The van der Waals surface area contributed by atoms with E-state index in [1.807, 2.05) is 0 Å². The smallest absolute Gasteiger partial charge is 0.0272 e. The Kier molecular flexibility index (Phi) is 1.51. The fourth-order valence-corrected chi connectivity index (χ4v) is 2.84. The highest BCUT2D eigenvalue weighted by molar-refractivity contribution is 4.94. The Bertz CT molecular complexity index is 120. The summed E-state index contributed by atoms with van der Waals surface area (Å²) in [7, 11) is 0. The van der Waals surface area contributed by atoms with Crippen molar-refractivity contribution < 1.29 is 0 Å². The van der Waals surface area contributed by atoms with Gasteiger partial charge >= 0.3 is 0 Å². The van der Waals surface area contributed by atoms with Crippen molar-refractivity contribution in [2.45, 2.75) is 51.9 Å². The maximum Gasteiger partial charge on any atom is -0.0272 e. The van der Waals surface area contributed by atoms with Gasteiger partial charge in [-0.3, -0.25) is 0 Å². The van der Waals surface area contributed by atoms with Crippen molar-refractivity contribution in [1.29, 1.82) is 0 Å². The second kappa shape index (κ2) is 2.25. The summed E-state index contributed by atoms with van der Waals surface area (Å²) in [5, 5.41) is 0. The zero-order valence-electron chi connectivity index (χ0n) is 7.03. The van der Waals surface area contributed by atoms with Crippen molar-refractivity contribution in [1.82, 2.24) is 0 Å². The van der Waals surface area contributed by atoms with Gasteiger partial charge in [-0.05, 0) is 37.0 Å². The lowest BCUT2D eigenvalue weighted by Gasteiger charge is -2.51. The Morgan fingerprint density at radius 3 is 2.00 bits per heavy atom. The predicted octanol–water partition coefficient (Wildman–Crippen LogP) is 3.37. The van der Waals surface area contributed by atoms with Gasteiger partial charge in [0.2, 0.25) is 0 Å². The van der Waals surface area contributed by atoms with Crippen LogP contribution >= 0.6 is 0 Å². The fourth-order valence-electron chi connectivity index (χ4n) is 2.84. The Hall–Kier alpha value is 0. The van der Waals surface area contributed by atoms with Crippen molar-refractivity contribution in [3.05, 3.63) is 0 Å². The molecule has 1 spiro atoms. The SMILES string of the molecule is C[C@H]1CCC12CCCCC2. The van der Waals surface area contributed by atoms with Gasteiger partial charge in [0, 0.05) is 0 Å². The maximum absolute atomic E-state index is 2.45. The van der Waals surface area contributed by atoms with Crippen LogP contribution < -0.4 is 0 Å². The lowest BCUT2D eigenvalue weighted by atomic mass is 9.55. The quantitative estimate of drug-likeness (QED) is 0.481. The van der Waals surface area contributed by atoms with E-state index < -0.39 is 0 Å². The molecule has 2 aliphatic rings. The van der Waals surface area contributed by atoms with Gasteiger partial charge in [-0.15, -0.1) is 0 Å². The first-order chi connectivity index (χ1) is 4.83.